The van der Waals surface area contributed by atoms with Crippen molar-refractivity contribution in [2.45, 2.75) is 13.0 Å². The molecule has 120 valence electrons. The lowest BCUT2D eigenvalue weighted by molar-refractivity contribution is -0.140. The Labute approximate surface area is 137 Å². The molecule has 1 aromatic carbocycles. The molecule has 0 aliphatic carbocycles. The van der Waals surface area contributed by atoms with Crippen LogP contribution < -0.4 is 0 Å². The number of benzene rings is 1. The van der Waals surface area contributed by atoms with E-state index in [9.17, 15) is 19.1 Å². The van der Waals surface area contributed by atoms with Crippen LogP contribution in [0.15, 0.2) is 12.1 Å². The minimum atomic E-state index is -1.07. The van der Waals surface area contributed by atoms with Crippen LogP contribution in [0, 0.1) is 5.82 Å². The second kappa shape index (κ2) is 6.81. The summed E-state index contributed by atoms with van der Waals surface area (Å²) in [7, 11) is 0. The molecule has 1 N–H and O–H groups in total. The third-order valence-corrected chi connectivity index (χ3v) is 4.08. The highest BCUT2D eigenvalue weighted by molar-refractivity contribution is 6.36. The second-order valence-corrected chi connectivity index (χ2v) is 5.85. The molecule has 0 aromatic heterocycles. The maximum atomic E-state index is 13.5. The van der Waals surface area contributed by atoms with Crippen molar-refractivity contribution in [3.63, 3.8) is 0 Å². The van der Waals surface area contributed by atoms with Gasteiger partial charge < -0.3 is 14.9 Å². The molecule has 0 spiro atoms. The van der Waals surface area contributed by atoms with Crippen molar-refractivity contribution in [2.24, 2.45) is 0 Å². The van der Waals surface area contributed by atoms with Gasteiger partial charge in [0.1, 0.15) is 11.9 Å². The van der Waals surface area contributed by atoms with E-state index in [1.165, 1.54) is 22.8 Å². The Hall–Kier alpha value is -1.37. The number of amides is 2. The summed E-state index contributed by atoms with van der Waals surface area (Å²) in [6.45, 7) is 2.60. The van der Waals surface area contributed by atoms with Crippen LogP contribution in [0.3, 0.4) is 0 Å². The highest BCUT2D eigenvalue weighted by atomic mass is 35.5. The third kappa shape index (κ3) is 3.51. The summed E-state index contributed by atoms with van der Waals surface area (Å²) < 4.78 is 13.5. The summed E-state index contributed by atoms with van der Waals surface area (Å²) in [5.41, 5.74) is 0.0406. The lowest BCUT2D eigenvalue weighted by atomic mass is 10.1. The summed E-state index contributed by atoms with van der Waals surface area (Å²) in [6.07, 6.45) is -1.07. The van der Waals surface area contributed by atoms with Crippen LogP contribution in [-0.2, 0) is 4.79 Å². The minimum absolute atomic E-state index is 0.0406. The molecule has 0 radical (unpaired) electrons. The van der Waals surface area contributed by atoms with Gasteiger partial charge in [0.2, 0.25) is 0 Å². The standard InChI is InChI=1S/C14H15Cl2FN2O3/c1-8(20)13(21)18-2-4-19(5-3-18)14(22)9-6-12(17)11(16)7-10(9)15/h6-8,20H,2-5H2,1H3. The zero-order valence-corrected chi connectivity index (χ0v) is 13.4. The van der Waals surface area contributed by atoms with Gasteiger partial charge in [0.05, 0.1) is 15.6 Å². The van der Waals surface area contributed by atoms with Crippen molar-refractivity contribution in [1.29, 1.82) is 0 Å². The first-order valence-electron chi connectivity index (χ1n) is 6.72. The van der Waals surface area contributed by atoms with Crippen molar-refractivity contribution in [3.05, 3.63) is 33.6 Å². The molecule has 1 saturated heterocycles. The first kappa shape index (κ1) is 17.0. The number of hydrogen-bond acceptors (Lipinski definition) is 3. The molecule has 1 heterocycles. The summed E-state index contributed by atoms with van der Waals surface area (Å²) in [6, 6.07) is 2.21. The van der Waals surface area contributed by atoms with Gasteiger partial charge in [-0.2, -0.15) is 0 Å². The van der Waals surface area contributed by atoms with E-state index in [4.69, 9.17) is 23.2 Å². The number of hydrogen-bond donors (Lipinski definition) is 1. The fourth-order valence-electron chi connectivity index (χ4n) is 2.25. The van der Waals surface area contributed by atoms with Crippen LogP contribution in [0.2, 0.25) is 10.0 Å². The third-order valence-electron chi connectivity index (χ3n) is 3.48. The molecule has 0 saturated carbocycles. The molecule has 2 amide bonds. The molecule has 8 heteroatoms. The number of aliphatic hydroxyl groups excluding tert-OH is 1. The van der Waals surface area contributed by atoms with Crippen LogP contribution in [0.4, 0.5) is 4.39 Å². The number of carbonyl (C=O) groups excluding carboxylic acids is 2. The molecule has 22 heavy (non-hydrogen) atoms. The van der Waals surface area contributed by atoms with Crippen molar-refractivity contribution in [3.8, 4) is 0 Å². The Kier molecular flexibility index (Phi) is 5.26. The van der Waals surface area contributed by atoms with Crippen LogP contribution in [-0.4, -0.2) is 59.0 Å². The van der Waals surface area contributed by atoms with Crippen LogP contribution >= 0.6 is 23.2 Å². The highest BCUT2D eigenvalue weighted by Gasteiger charge is 2.27. The fourth-order valence-corrected chi connectivity index (χ4v) is 2.71. The minimum Gasteiger partial charge on any atom is -0.384 e. The highest BCUT2D eigenvalue weighted by Crippen LogP contribution is 2.25. The maximum Gasteiger partial charge on any atom is 0.255 e. The first-order valence-corrected chi connectivity index (χ1v) is 7.47. The Morgan fingerprint density at radius 2 is 1.68 bits per heavy atom. The molecular weight excluding hydrogens is 334 g/mol. The maximum absolute atomic E-state index is 13.5. The summed E-state index contributed by atoms with van der Waals surface area (Å²) in [5.74, 6) is -1.50. The van der Waals surface area contributed by atoms with Crippen LogP contribution in [0.1, 0.15) is 17.3 Å². The molecule has 1 aliphatic rings. The van der Waals surface area contributed by atoms with E-state index >= 15 is 0 Å². The zero-order chi connectivity index (χ0) is 16.4. The number of nitrogens with zero attached hydrogens (tertiary/aromatic N) is 2. The Morgan fingerprint density at radius 1 is 1.14 bits per heavy atom. The lowest BCUT2D eigenvalue weighted by Gasteiger charge is -2.35. The molecule has 1 atom stereocenters. The quantitative estimate of drug-likeness (QED) is 0.829. The summed E-state index contributed by atoms with van der Waals surface area (Å²) in [5, 5.41) is 9.21. The number of rotatable bonds is 2. The van der Waals surface area contributed by atoms with E-state index < -0.39 is 17.8 Å². The lowest BCUT2D eigenvalue weighted by Crippen LogP contribution is -2.52. The van der Waals surface area contributed by atoms with E-state index in [0.29, 0.717) is 13.1 Å². The van der Waals surface area contributed by atoms with Gasteiger partial charge in [0.15, 0.2) is 0 Å². The Morgan fingerprint density at radius 3 is 2.23 bits per heavy atom. The van der Waals surface area contributed by atoms with E-state index in [2.05, 4.69) is 0 Å². The van der Waals surface area contributed by atoms with Crippen molar-refractivity contribution in [1.82, 2.24) is 9.80 Å². The van der Waals surface area contributed by atoms with E-state index in [0.717, 1.165) is 6.07 Å². The van der Waals surface area contributed by atoms with E-state index in [1.807, 2.05) is 0 Å². The average molecular weight is 349 g/mol. The number of aliphatic hydroxyl groups is 1. The molecule has 0 bridgehead atoms. The number of piperazine rings is 1. The smallest absolute Gasteiger partial charge is 0.255 e. The molecule has 1 fully saturated rings. The molecule has 1 unspecified atom stereocenters. The van der Waals surface area contributed by atoms with Gasteiger partial charge in [-0.05, 0) is 19.1 Å². The SMILES string of the molecule is CC(O)C(=O)N1CCN(C(=O)c2cc(F)c(Cl)cc2Cl)CC1. The van der Waals surface area contributed by atoms with Gasteiger partial charge in [0.25, 0.3) is 11.8 Å². The largest absolute Gasteiger partial charge is 0.384 e. The van der Waals surface area contributed by atoms with Gasteiger partial charge in [-0.25, -0.2) is 4.39 Å². The molecule has 2 rings (SSSR count). The van der Waals surface area contributed by atoms with Crippen molar-refractivity contribution in [2.75, 3.05) is 26.2 Å². The molecule has 1 aromatic rings. The fraction of sp³-hybridized carbons (Fsp3) is 0.429. The van der Waals surface area contributed by atoms with Crippen molar-refractivity contribution < 1.29 is 19.1 Å². The first-order chi connectivity index (χ1) is 10.3. The second-order valence-electron chi connectivity index (χ2n) is 5.04. The predicted octanol–water partition coefficient (Wildman–Crippen LogP) is 1.80. The average Bonchev–Trinajstić information content (AvgIpc) is 2.49. The monoisotopic (exact) mass is 348 g/mol. The molecule has 5 nitrogen and oxygen atoms in total. The topological polar surface area (TPSA) is 60.9 Å². The van der Waals surface area contributed by atoms with Gasteiger partial charge in [-0.1, -0.05) is 23.2 Å². The normalized spacial score (nSPS) is 16.6. The predicted molar refractivity (Wildman–Crippen MR) is 80.6 cm³/mol. The van der Waals surface area contributed by atoms with E-state index in [1.54, 1.807) is 0 Å². The number of halogens is 3. The van der Waals surface area contributed by atoms with Crippen LogP contribution in [0.5, 0.6) is 0 Å². The molecular formula is C14H15Cl2FN2O3. The van der Waals surface area contributed by atoms with E-state index in [-0.39, 0.29) is 34.6 Å². The van der Waals surface area contributed by atoms with Gasteiger partial charge >= 0.3 is 0 Å². The van der Waals surface area contributed by atoms with Gasteiger partial charge in [-0.15, -0.1) is 0 Å². The van der Waals surface area contributed by atoms with Crippen molar-refractivity contribution >= 4 is 35.0 Å². The van der Waals surface area contributed by atoms with Gasteiger partial charge in [0, 0.05) is 26.2 Å². The zero-order valence-electron chi connectivity index (χ0n) is 11.9. The van der Waals surface area contributed by atoms with Crippen LogP contribution in [0.25, 0.3) is 0 Å². The Balaban J connectivity index is 2.07. The Bertz CT molecular complexity index is 602. The van der Waals surface area contributed by atoms with Gasteiger partial charge in [-0.3, -0.25) is 9.59 Å². The number of carbonyl (C=O) groups is 2. The molecule has 1 aliphatic heterocycles. The summed E-state index contributed by atoms with van der Waals surface area (Å²) in [4.78, 5) is 27.0. The summed E-state index contributed by atoms with van der Waals surface area (Å²) >= 11 is 11.5.